The number of nitrogens with two attached hydrogens (primary N) is 1. The minimum absolute atomic E-state index is 0.104. The average Bonchev–Trinajstić information content (AvgIpc) is 2.48. The van der Waals surface area contributed by atoms with Gasteiger partial charge in [0.15, 0.2) is 0 Å². The maximum absolute atomic E-state index is 10.4. The van der Waals surface area contributed by atoms with E-state index in [2.05, 4.69) is 14.7 Å². The summed E-state index contributed by atoms with van der Waals surface area (Å²) in [4.78, 5) is 14.6. The van der Waals surface area contributed by atoms with Crippen LogP contribution in [0.4, 0.5) is 5.13 Å². The zero-order valence-electron chi connectivity index (χ0n) is 7.57. The summed E-state index contributed by atoms with van der Waals surface area (Å²) in [6.07, 6.45) is 0. The van der Waals surface area contributed by atoms with Crippen LogP contribution in [0.5, 0.6) is 0 Å². The number of nitrogens with zero attached hydrogens (tertiary/aromatic N) is 2. The molecule has 72 valence electrons. The van der Waals surface area contributed by atoms with E-state index in [1.54, 1.807) is 0 Å². The molecule has 3 N–H and O–H groups in total. The van der Waals surface area contributed by atoms with Crippen molar-refractivity contribution in [1.29, 1.82) is 0 Å². The highest BCUT2D eigenvalue weighted by Crippen LogP contribution is 2.16. The summed E-state index contributed by atoms with van der Waals surface area (Å²) in [6, 6.07) is 0. The quantitative estimate of drug-likeness (QED) is 0.744. The Morgan fingerprint density at radius 1 is 1.69 bits per heavy atom. The van der Waals surface area contributed by atoms with Gasteiger partial charge in [-0.15, -0.1) is 0 Å². The molecule has 1 heterocycles. The Balaban J connectivity index is 2.54. The number of rotatable bonds is 4. The Kier molecular flexibility index (Phi) is 3.18. The summed E-state index contributed by atoms with van der Waals surface area (Å²) >= 11 is 1.24. The smallest absolute Gasteiger partial charge is 0.236 e. The highest BCUT2D eigenvalue weighted by molar-refractivity contribution is 7.09. The van der Waals surface area contributed by atoms with Gasteiger partial charge in [-0.25, -0.2) is 4.98 Å². The number of aromatic nitrogens is 2. The third-order valence-corrected chi connectivity index (χ3v) is 2.06. The summed E-state index contributed by atoms with van der Waals surface area (Å²) in [5, 5.41) is 3.43. The molecule has 0 bridgehead atoms. The Bertz CT molecular complexity index is 296. The van der Waals surface area contributed by atoms with E-state index >= 15 is 0 Å². The molecule has 1 amide bonds. The van der Waals surface area contributed by atoms with E-state index in [-0.39, 0.29) is 6.54 Å². The normalized spacial score (nSPS) is 10.4. The van der Waals surface area contributed by atoms with E-state index in [1.165, 1.54) is 11.5 Å². The lowest BCUT2D eigenvalue weighted by molar-refractivity contribution is -0.116. The van der Waals surface area contributed by atoms with Gasteiger partial charge in [0, 0.05) is 17.5 Å². The zero-order valence-corrected chi connectivity index (χ0v) is 8.39. The highest BCUT2D eigenvalue weighted by atomic mass is 32.1. The summed E-state index contributed by atoms with van der Waals surface area (Å²) in [5.41, 5.74) is 4.96. The fourth-order valence-electron chi connectivity index (χ4n) is 0.704. The topological polar surface area (TPSA) is 80.9 Å². The number of nitrogens with one attached hydrogen (secondary N) is 1. The van der Waals surface area contributed by atoms with Crippen LogP contribution in [-0.2, 0) is 4.79 Å². The molecule has 0 aliphatic heterocycles. The molecule has 5 nitrogen and oxygen atoms in total. The fraction of sp³-hybridized carbons (Fsp3) is 0.571. The second-order valence-electron chi connectivity index (χ2n) is 2.93. The van der Waals surface area contributed by atoms with E-state index in [1.807, 2.05) is 13.8 Å². The van der Waals surface area contributed by atoms with Gasteiger partial charge >= 0.3 is 0 Å². The lowest BCUT2D eigenvalue weighted by atomic mass is 10.2. The van der Waals surface area contributed by atoms with Crippen molar-refractivity contribution in [2.24, 2.45) is 5.73 Å². The summed E-state index contributed by atoms with van der Waals surface area (Å²) in [6.45, 7) is 4.13. The molecule has 0 aromatic carbocycles. The minimum Gasteiger partial charge on any atom is -0.368 e. The molecule has 13 heavy (non-hydrogen) atoms. The van der Waals surface area contributed by atoms with Gasteiger partial charge in [-0.05, 0) is 0 Å². The van der Waals surface area contributed by atoms with Gasteiger partial charge in [-0.2, -0.15) is 4.37 Å². The first kappa shape index (κ1) is 9.91. The largest absolute Gasteiger partial charge is 0.368 e. The number of primary amides is 1. The molecule has 0 saturated heterocycles. The zero-order chi connectivity index (χ0) is 9.84. The first-order valence-electron chi connectivity index (χ1n) is 3.95. The van der Waals surface area contributed by atoms with Crippen molar-refractivity contribution in [3.63, 3.8) is 0 Å². The molecule has 1 aromatic heterocycles. The van der Waals surface area contributed by atoms with Crippen LogP contribution in [0.3, 0.4) is 0 Å². The third-order valence-electron chi connectivity index (χ3n) is 1.37. The minimum atomic E-state index is -0.402. The molecular formula is C7H12N4OS. The van der Waals surface area contributed by atoms with Crippen LogP contribution in [0.1, 0.15) is 25.6 Å². The van der Waals surface area contributed by atoms with Crippen LogP contribution in [0.2, 0.25) is 0 Å². The molecule has 6 heteroatoms. The molecular weight excluding hydrogens is 188 g/mol. The van der Waals surface area contributed by atoms with Gasteiger partial charge in [0.05, 0.1) is 6.54 Å². The van der Waals surface area contributed by atoms with Crippen LogP contribution in [0, 0.1) is 0 Å². The van der Waals surface area contributed by atoms with Crippen molar-refractivity contribution >= 4 is 22.6 Å². The van der Waals surface area contributed by atoms with Crippen molar-refractivity contribution in [1.82, 2.24) is 9.36 Å². The monoisotopic (exact) mass is 200 g/mol. The molecule has 0 spiro atoms. The predicted molar refractivity (Wildman–Crippen MR) is 51.7 cm³/mol. The Morgan fingerprint density at radius 3 is 2.85 bits per heavy atom. The molecule has 0 atom stereocenters. The Morgan fingerprint density at radius 2 is 2.38 bits per heavy atom. The van der Waals surface area contributed by atoms with E-state index in [0.29, 0.717) is 11.0 Å². The van der Waals surface area contributed by atoms with Crippen LogP contribution in [-0.4, -0.2) is 21.8 Å². The van der Waals surface area contributed by atoms with Crippen molar-refractivity contribution in [2.45, 2.75) is 19.8 Å². The second-order valence-corrected chi connectivity index (χ2v) is 3.68. The number of amides is 1. The Hall–Kier alpha value is -1.17. The van der Waals surface area contributed by atoms with Crippen molar-refractivity contribution in [3.8, 4) is 0 Å². The van der Waals surface area contributed by atoms with Crippen LogP contribution in [0.25, 0.3) is 0 Å². The van der Waals surface area contributed by atoms with Crippen molar-refractivity contribution in [2.75, 3.05) is 11.9 Å². The number of carbonyl (C=O) groups excluding carboxylic acids is 1. The number of carbonyl (C=O) groups is 1. The number of anilines is 1. The molecule has 1 aromatic rings. The summed E-state index contributed by atoms with van der Waals surface area (Å²) in [7, 11) is 0. The molecule has 0 aliphatic carbocycles. The van der Waals surface area contributed by atoms with Gasteiger partial charge in [-0.1, -0.05) is 13.8 Å². The van der Waals surface area contributed by atoms with Gasteiger partial charge in [0.1, 0.15) is 5.82 Å². The molecule has 0 aliphatic rings. The van der Waals surface area contributed by atoms with E-state index in [9.17, 15) is 4.79 Å². The van der Waals surface area contributed by atoms with Crippen LogP contribution >= 0.6 is 11.5 Å². The predicted octanol–water partition coefficient (Wildman–Crippen LogP) is 0.559. The van der Waals surface area contributed by atoms with Crippen molar-refractivity contribution < 1.29 is 4.79 Å². The van der Waals surface area contributed by atoms with Gasteiger partial charge in [0.25, 0.3) is 0 Å². The number of hydrogen-bond acceptors (Lipinski definition) is 5. The van der Waals surface area contributed by atoms with E-state index in [0.717, 1.165) is 5.82 Å². The molecule has 0 unspecified atom stereocenters. The van der Waals surface area contributed by atoms with E-state index < -0.39 is 5.91 Å². The van der Waals surface area contributed by atoms with Crippen LogP contribution < -0.4 is 11.1 Å². The molecule has 0 radical (unpaired) electrons. The first-order chi connectivity index (χ1) is 6.09. The lowest BCUT2D eigenvalue weighted by Crippen LogP contribution is -2.21. The third kappa shape index (κ3) is 2.98. The van der Waals surface area contributed by atoms with Gasteiger partial charge in [-0.3, -0.25) is 4.79 Å². The van der Waals surface area contributed by atoms with Crippen LogP contribution in [0.15, 0.2) is 0 Å². The Labute approximate surface area is 80.5 Å². The first-order valence-corrected chi connectivity index (χ1v) is 4.72. The maximum Gasteiger partial charge on any atom is 0.236 e. The van der Waals surface area contributed by atoms with Crippen molar-refractivity contribution in [3.05, 3.63) is 5.82 Å². The fourth-order valence-corrected chi connectivity index (χ4v) is 1.41. The number of hydrogen-bond donors (Lipinski definition) is 2. The molecule has 0 fully saturated rings. The summed E-state index contributed by atoms with van der Waals surface area (Å²) < 4.78 is 4.11. The van der Waals surface area contributed by atoms with Gasteiger partial charge < -0.3 is 11.1 Å². The molecule has 0 saturated carbocycles. The SMILES string of the molecule is CC(C)c1nsc(NCC(N)=O)n1. The summed E-state index contributed by atoms with van der Waals surface area (Å²) in [5.74, 6) is 0.693. The lowest BCUT2D eigenvalue weighted by Gasteiger charge is -1.96. The molecule has 1 rings (SSSR count). The highest BCUT2D eigenvalue weighted by Gasteiger charge is 2.07. The standard InChI is InChI=1S/C7H12N4OS/c1-4(2)6-10-7(13-11-6)9-3-5(8)12/h4H,3H2,1-2H3,(H2,8,12)(H,9,10,11). The maximum atomic E-state index is 10.4. The second kappa shape index (κ2) is 4.18. The van der Waals surface area contributed by atoms with E-state index in [4.69, 9.17) is 5.73 Å². The van der Waals surface area contributed by atoms with Gasteiger partial charge in [0.2, 0.25) is 11.0 Å². The average molecular weight is 200 g/mol.